The molecule has 2 nitrogen and oxygen atoms in total. The first-order valence-corrected chi connectivity index (χ1v) is 4.53. The first-order valence-electron chi connectivity index (χ1n) is 4.53. The zero-order valence-corrected chi connectivity index (χ0v) is 8.04. The predicted molar refractivity (Wildman–Crippen MR) is 54.5 cm³/mol. The van der Waals surface area contributed by atoms with E-state index in [1.54, 1.807) is 0 Å². The Morgan fingerprint density at radius 1 is 1.38 bits per heavy atom. The fraction of sp³-hybridized carbons (Fsp3) is 0.364. The second kappa shape index (κ2) is 4.51. The highest BCUT2D eigenvalue weighted by atomic mass is 14.9. The Kier molecular flexibility index (Phi) is 3.33. The van der Waals surface area contributed by atoms with Crippen LogP contribution in [0.4, 0.5) is 5.69 Å². The molecule has 1 aromatic carbocycles. The molecule has 0 spiro atoms. The summed E-state index contributed by atoms with van der Waals surface area (Å²) in [5, 5.41) is 11.9. The maximum atomic E-state index is 8.59. The van der Waals surface area contributed by atoms with Crippen molar-refractivity contribution in [2.75, 3.05) is 5.32 Å². The van der Waals surface area contributed by atoms with Crippen molar-refractivity contribution >= 4 is 5.69 Å². The van der Waals surface area contributed by atoms with Gasteiger partial charge in [-0.2, -0.15) is 5.26 Å². The van der Waals surface area contributed by atoms with Gasteiger partial charge in [0.2, 0.25) is 0 Å². The van der Waals surface area contributed by atoms with Gasteiger partial charge in [0, 0.05) is 11.7 Å². The summed E-state index contributed by atoms with van der Waals surface area (Å²) in [4.78, 5) is 0. The van der Waals surface area contributed by atoms with Crippen molar-refractivity contribution in [2.24, 2.45) is 0 Å². The molecule has 0 aliphatic carbocycles. The first-order chi connectivity index (χ1) is 6.26. The van der Waals surface area contributed by atoms with Crippen molar-refractivity contribution in [3.8, 4) is 6.07 Å². The average molecular weight is 174 g/mol. The summed E-state index contributed by atoms with van der Waals surface area (Å²) in [5.41, 5.74) is 1.78. The van der Waals surface area contributed by atoms with Gasteiger partial charge < -0.3 is 5.32 Å². The van der Waals surface area contributed by atoms with E-state index < -0.39 is 0 Å². The number of hydrogen-bond donors (Lipinski definition) is 1. The lowest BCUT2D eigenvalue weighted by Crippen LogP contribution is -2.12. The van der Waals surface area contributed by atoms with Gasteiger partial charge in [0.15, 0.2) is 0 Å². The topological polar surface area (TPSA) is 35.8 Å². The summed E-state index contributed by atoms with van der Waals surface area (Å²) in [5.74, 6) is 0. The molecule has 0 fully saturated rings. The maximum absolute atomic E-state index is 8.59. The van der Waals surface area contributed by atoms with Gasteiger partial charge >= 0.3 is 0 Å². The van der Waals surface area contributed by atoms with Crippen molar-refractivity contribution in [3.05, 3.63) is 29.8 Å². The van der Waals surface area contributed by atoms with Crippen LogP contribution in [0.5, 0.6) is 0 Å². The average Bonchev–Trinajstić information content (AvgIpc) is 2.19. The fourth-order valence-corrected chi connectivity index (χ4v) is 1.03. The molecule has 0 heterocycles. The van der Waals surface area contributed by atoms with Gasteiger partial charge in [-0.3, -0.25) is 0 Å². The SMILES string of the molecule is CC[C@H](C)Nc1ccc(C#N)cc1. The molecule has 0 unspecified atom stereocenters. The van der Waals surface area contributed by atoms with Gasteiger partial charge in [-0.05, 0) is 37.6 Å². The van der Waals surface area contributed by atoms with E-state index in [1.807, 2.05) is 24.3 Å². The zero-order valence-electron chi connectivity index (χ0n) is 8.04. The summed E-state index contributed by atoms with van der Waals surface area (Å²) in [6.45, 7) is 4.28. The fourth-order valence-electron chi connectivity index (χ4n) is 1.03. The Morgan fingerprint density at radius 3 is 2.46 bits per heavy atom. The quantitative estimate of drug-likeness (QED) is 0.764. The standard InChI is InChI=1S/C11H14N2/c1-3-9(2)13-11-6-4-10(8-12)5-7-11/h4-7,9,13H,3H2,1-2H3/t9-/m0/s1. The van der Waals surface area contributed by atoms with E-state index in [0.717, 1.165) is 12.1 Å². The van der Waals surface area contributed by atoms with E-state index in [2.05, 4.69) is 25.2 Å². The second-order valence-corrected chi connectivity index (χ2v) is 3.14. The number of anilines is 1. The number of nitriles is 1. The van der Waals surface area contributed by atoms with Gasteiger partial charge in [0.25, 0.3) is 0 Å². The van der Waals surface area contributed by atoms with Crippen molar-refractivity contribution in [3.63, 3.8) is 0 Å². The van der Waals surface area contributed by atoms with E-state index in [-0.39, 0.29) is 0 Å². The maximum Gasteiger partial charge on any atom is 0.0991 e. The Bertz CT molecular complexity index is 295. The number of rotatable bonds is 3. The second-order valence-electron chi connectivity index (χ2n) is 3.14. The summed E-state index contributed by atoms with van der Waals surface area (Å²) in [6, 6.07) is 10.1. The van der Waals surface area contributed by atoms with E-state index in [0.29, 0.717) is 11.6 Å². The van der Waals surface area contributed by atoms with E-state index in [9.17, 15) is 0 Å². The number of benzene rings is 1. The first kappa shape index (κ1) is 9.60. The van der Waals surface area contributed by atoms with E-state index in [1.165, 1.54) is 0 Å². The summed E-state index contributed by atoms with van der Waals surface area (Å²) in [7, 11) is 0. The highest BCUT2D eigenvalue weighted by Gasteiger charge is 1.97. The third-order valence-corrected chi connectivity index (χ3v) is 2.04. The molecule has 1 rings (SSSR count). The molecular formula is C11H14N2. The van der Waals surface area contributed by atoms with Crippen LogP contribution < -0.4 is 5.32 Å². The van der Waals surface area contributed by atoms with Crippen LogP contribution in [-0.2, 0) is 0 Å². The van der Waals surface area contributed by atoms with Crippen LogP contribution in [0, 0.1) is 11.3 Å². The van der Waals surface area contributed by atoms with Crippen LogP contribution in [0.3, 0.4) is 0 Å². The smallest absolute Gasteiger partial charge is 0.0991 e. The minimum atomic E-state index is 0.480. The third kappa shape index (κ3) is 2.79. The van der Waals surface area contributed by atoms with Crippen LogP contribution >= 0.6 is 0 Å². The normalized spacial score (nSPS) is 11.8. The molecule has 2 heteroatoms. The molecule has 13 heavy (non-hydrogen) atoms. The van der Waals surface area contributed by atoms with Crippen LogP contribution in [0.1, 0.15) is 25.8 Å². The lowest BCUT2D eigenvalue weighted by atomic mass is 10.2. The highest BCUT2D eigenvalue weighted by molar-refractivity contribution is 5.47. The summed E-state index contributed by atoms with van der Waals surface area (Å²) < 4.78 is 0. The molecule has 1 aromatic rings. The van der Waals surface area contributed by atoms with E-state index in [4.69, 9.17) is 5.26 Å². The van der Waals surface area contributed by atoms with Gasteiger partial charge in [0.05, 0.1) is 11.6 Å². The molecule has 0 saturated carbocycles. The predicted octanol–water partition coefficient (Wildman–Crippen LogP) is 2.77. The van der Waals surface area contributed by atoms with Gasteiger partial charge in [-0.1, -0.05) is 6.92 Å². The largest absolute Gasteiger partial charge is 0.383 e. The molecule has 0 aromatic heterocycles. The zero-order chi connectivity index (χ0) is 9.68. The molecule has 0 aliphatic heterocycles. The van der Waals surface area contributed by atoms with Crippen molar-refractivity contribution < 1.29 is 0 Å². The molecule has 0 saturated heterocycles. The van der Waals surface area contributed by atoms with Crippen molar-refractivity contribution in [1.82, 2.24) is 0 Å². The molecule has 0 amide bonds. The minimum Gasteiger partial charge on any atom is -0.383 e. The monoisotopic (exact) mass is 174 g/mol. The minimum absolute atomic E-state index is 0.480. The van der Waals surface area contributed by atoms with Gasteiger partial charge in [0.1, 0.15) is 0 Å². The highest BCUT2D eigenvalue weighted by Crippen LogP contribution is 2.10. The summed E-state index contributed by atoms with van der Waals surface area (Å²) in [6.07, 6.45) is 1.10. The number of hydrogen-bond acceptors (Lipinski definition) is 2. The van der Waals surface area contributed by atoms with Crippen LogP contribution in [0.15, 0.2) is 24.3 Å². The van der Waals surface area contributed by atoms with Crippen LogP contribution in [0.2, 0.25) is 0 Å². The van der Waals surface area contributed by atoms with Gasteiger partial charge in [-0.25, -0.2) is 0 Å². The molecular weight excluding hydrogens is 160 g/mol. The summed E-state index contributed by atoms with van der Waals surface area (Å²) >= 11 is 0. The molecule has 1 atom stereocenters. The number of nitrogens with zero attached hydrogens (tertiary/aromatic N) is 1. The van der Waals surface area contributed by atoms with Gasteiger partial charge in [-0.15, -0.1) is 0 Å². The third-order valence-electron chi connectivity index (χ3n) is 2.04. The molecule has 68 valence electrons. The van der Waals surface area contributed by atoms with Crippen LogP contribution in [-0.4, -0.2) is 6.04 Å². The van der Waals surface area contributed by atoms with Crippen molar-refractivity contribution in [1.29, 1.82) is 5.26 Å². The number of nitrogens with one attached hydrogen (secondary N) is 1. The Morgan fingerprint density at radius 2 is 2.00 bits per heavy atom. The lowest BCUT2D eigenvalue weighted by molar-refractivity contribution is 0.764. The Balaban J connectivity index is 2.65. The lowest BCUT2D eigenvalue weighted by Gasteiger charge is -2.12. The Hall–Kier alpha value is -1.49. The molecule has 0 aliphatic rings. The van der Waals surface area contributed by atoms with Crippen LogP contribution in [0.25, 0.3) is 0 Å². The molecule has 1 N–H and O–H groups in total. The Labute approximate surface area is 79.2 Å². The molecule has 0 radical (unpaired) electrons. The van der Waals surface area contributed by atoms with Crippen molar-refractivity contribution in [2.45, 2.75) is 26.3 Å². The van der Waals surface area contributed by atoms with E-state index >= 15 is 0 Å². The molecule has 0 bridgehead atoms.